The van der Waals surface area contributed by atoms with E-state index in [4.69, 9.17) is 30.6 Å². The van der Waals surface area contributed by atoms with E-state index in [0.29, 0.717) is 22.7 Å². The Balaban J connectivity index is 0.000000265. The first-order valence-corrected chi connectivity index (χ1v) is 18.4. The summed E-state index contributed by atoms with van der Waals surface area (Å²) in [6, 6.07) is 17.9. The second-order valence-corrected chi connectivity index (χ2v) is 14.3. The molecular formula is C42H36F5N9O3S2. The van der Waals surface area contributed by atoms with E-state index >= 15 is 0 Å². The van der Waals surface area contributed by atoms with Crippen LogP contribution in [-0.4, -0.2) is 53.3 Å². The van der Waals surface area contributed by atoms with E-state index in [0.717, 1.165) is 17.7 Å². The molecule has 0 unspecified atom stereocenters. The highest BCUT2D eigenvalue weighted by Gasteiger charge is 2.50. The fourth-order valence-electron chi connectivity index (χ4n) is 5.60. The van der Waals surface area contributed by atoms with Gasteiger partial charge in [-0.1, -0.05) is 6.07 Å². The van der Waals surface area contributed by atoms with Crippen molar-refractivity contribution in [1.82, 2.24) is 10.6 Å². The highest BCUT2D eigenvalue weighted by molar-refractivity contribution is 7.81. The molecule has 3 N–H and O–H groups in total. The number of halogens is 5. The van der Waals surface area contributed by atoms with Crippen molar-refractivity contribution in [2.24, 2.45) is 4.99 Å². The summed E-state index contributed by atoms with van der Waals surface area (Å²) in [5.74, 6) is -2.60. The average molecular weight is 874 g/mol. The Morgan fingerprint density at radius 1 is 0.885 bits per heavy atom. The number of thiocarbonyl (C=S) groups is 2. The monoisotopic (exact) mass is 873 g/mol. The van der Waals surface area contributed by atoms with Gasteiger partial charge in [-0.25, -0.2) is 20.2 Å². The number of hydrogen-bond acceptors (Lipinski definition) is 8. The number of alkyl halides is 3. The fraction of sp³-hybridized carbons (Fsp3) is 0.238. The molecule has 12 nitrogen and oxygen atoms in total. The second-order valence-electron chi connectivity index (χ2n) is 13.8. The maximum Gasteiger partial charge on any atom is 0.417 e. The van der Waals surface area contributed by atoms with Crippen LogP contribution in [0.4, 0.5) is 50.4 Å². The molecule has 314 valence electrons. The van der Waals surface area contributed by atoms with Crippen LogP contribution in [0.15, 0.2) is 77.8 Å². The summed E-state index contributed by atoms with van der Waals surface area (Å²) >= 11 is 9.84. The Kier molecular flexibility index (Phi) is 15.6. The van der Waals surface area contributed by atoms with Crippen LogP contribution in [0.1, 0.15) is 65.1 Å². The van der Waals surface area contributed by atoms with E-state index in [-0.39, 0.29) is 27.8 Å². The lowest BCUT2D eigenvalue weighted by Crippen LogP contribution is -2.44. The van der Waals surface area contributed by atoms with Gasteiger partial charge < -0.3 is 20.9 Å². The molecule has 0 bridgehead atoms. The molecule has 0 radical (unpaired) electrons. The lowest BCUT2D eigenvalue weighted by atomic mass is 10.0. The van der Waals surface area contributed by atoms with Crippen LogP contribution in [0.3, 0.4) is 0 Å². The molecular weight excluding hydrogens is 838 g/mol. The number of isothiocyanates is 1. The van der Waals surface area contributed by atoms with Gasteiger partial charge in [0, 0.05) is 45.0 Å². The largest absolute Gasteiger partial charge is 0.417 e. The first-order valence-electron chi connectivity index (χ1n) is 17.6. The van der Waals surface area contributed by atoms with E-state index in [1.807, 2.05) is 5.16 Å². The van der Waals surface area contributed by atoms with Gasteiger partial charge in [0.15, 0.2) is 10.8 Å². The third kappa shape index (κ3) is 11.3. The number of aliphatic imine (C=N–C) groups is 1. The summed E-state index contributed by atoms with van der Waals surface area (Å²) in [6.07, 6.45) is -4.57. The van der Waals surface area contributed by atoms with E-state index in [2.05, 4.69) is 42.9 Å². The molecule has 19 heteroatoms. The SMILES string of the molecule is N#Cc1ccc(N=C=S)cc1C(F)(F)F.[C-]#[N+]C(C)(C)Nc1ccc(C(=O)NC)c(F)c1.[C-]#[N+]c1ccc(N2C(=O)C(C)(C)N(c3ccc(C(=O)NC)c(F)c3)C2=S)cc1C. The van der Waals surface area contributed by atoms with Crippen molar-refractivity contribution < 1.29 is 36.3 Å². The molecule has 1 saturated heterocycles. The molecule has 1 aliphatic rings. The van der Waals surface area contributed by atoms with Crippen molar-refractivity contribution in [3.8, 4) is 6.07 Å². The number of aryl methyl sites for hydroxylation is 1. The number of nitriles is 1. The van der Waals surface area contributed by atoms with Crippen LogP contribution in [0.25, 0.3) is 9.69 Å². The highest BCUT2D eigenvalue weighted by Crippen LogP contribution is 2.38. The Bertz CT molecular complexity index is 2570. The molecule has 0 aromatic heterocycles. The molecule has 4 aromatic rings. The second kappa shape index (κ2) is 19.8. The van der Waals surface area contributed by atoms with Gasteiger partial charge in [0.05, 0.1) is 45.7 Å². The predicted molar refractivity (Wildman–Crippen MR) is 229 cm³/mol. The van der Waals surface area contributed by atoms with Crippen LogP contribution < -0.4 is 25.8 Å². The van der Waals surface area contributed by atoms with Gasteiger partial charge in [0.2, 0.25) is 0 Å². The maximum atomic E-state index is 14.5. The molecule has 0 aliphatic carbocycles. The van der Waals surface area contributed by atoms with Crippen LogP contribution in [-0.2, 0) is 11.0 Å². The lowest BCUT2D eigenvalue weighted by Gasteiger charge is -2.29. The number of carbonyl (C=O) groups is 3. The third-order valence-electron chi connectivity index (χ3n) is 8.68. The summed E-state index contributed by atoms with van der Waals surface area (Å²) in [5.41, 5.74) is -0.801. The lowest BCUT2D eigenvalue weighted by molar-refractivity contribution is -0.137. The minimum atomic E-state index is -4.57. The molecule has 5 rings (SSSR count). The number of benzene rings is 4. The van der Waals surface area contributed by atoms with E-state index < -0.39 is 52.0 Å². The molecule has 0 saturated carbocycles. The van der Waals surface area contributed by atoms with Gasteiger partial charge >= 0.3 is 6.18 Å². The zero-order chi connectivity index (χ0) is 46.0. The van der Waals surface area contributed by atoms with Crippen LogP contribution in [0.5, 0.6) is 0 Å². The first-order chi connectivity index (χ1) is 28.5. The molecule has 1 heterocycles. The maximum absolute atomic E-state index is 14.5. The number of carbonyl (C=O) groups excluding carboxylic acids is 3. The molecule has 0 spiro atoms. The van der Waals surface area contributed by atoms with Gasteiger partial charge in [-0.05, 0) is 118 Å². The smallest absolute Gasteiger partial charge is 0.355 e. The Morgan fingerprint density at radius 2 is 1.46 bits per heavy atom. The average Bonchev–Trinajstić information content (AvgIpc) is 3.38. The Hall–Kier alpha value is -7.10. The van der Waals surface area contributed by atoms with Gasteiger partial charge in [0.1, 0.15) is 17.2 Å². The minimum absolute atomic E-state index is 0.0151. The zero-order valence-electron chi connectivity index (χ0n) is 33.5. The number of rotatable bonds is 7. The summed E-state index contributed by atoms with van der Waals surface area (Å²) < 4.78 is 65.4. The van der Waals surface area contributed by atoms with Gasteiger partial charge in [-0.2, -0.15) is 23.4 Å². The van der Waals surface area contributed by atoms with Crippen LogP contribution >= 0.6 is 24.4 Å². The normalized spacial score (nSPS) is 12.8. The van der Waals surface area contributed by atoms with E-state index in [9.17, 15) is 36.3 Å². The van der Waals surface area contributed by atoms with Crippen molar-refractivity contribution >= 4 is 80.9 Å². The predicted octanol–water partition coefficient (Wildman–Crippen LogP) is 9.53. The molecule has 0 atom stereocenters. The number of hydrogen-bond donors (Lipinski definition) is 3. The quantitative estimate of drug-likeness (QED) is 0.0723. The topological polar surface area (TPSA) is 139 Å². The molecule has 61 heavy (non-hydrogen) atoms. The summed E-state index contributed by atoms with van der Waals surface area (Å²) in [6.45, 7) is 22.7. The van der Waals surface area contributed by atoms with Crippen LogP contribution in [0.2, 0.25) is 0 Å². The number of amides is 3. The fourth-order valence-corrected chi connectivity index (χ4v) is 6.23. The number of nitrogens with zero attached hydrogens (tertiary/aromatic N) is 6. The molecule has 1 fully saturated rings. The first kappa shape index (κ1) is 48.3. The molecule has 4 aromatic carbocycles. The van der Waals surface area contributed by atoms with Crippen molar-refractivity contribution in [3.63, 3.8) is 0 Å². The zero-order valence-corrected chi connectivity index (χ0v) is 35.2. The number of anilines is 3. The Morgan fingerprint density at radius 3 is 1.93 bits per heavy atom. The van der Waals surface area contributed by atoms with Gasteiger partial charge in [-0.3, -0.25) is 24.1 Å². The van der Waals surface area contributed by atoms with Crippen molar-refractivity contribution in [3.05, 3.63) is 135 Å². The van der Waals surface area contributed by atoms with E-state index in [1.165, 1.54) is 55.4 Å². The van der Waals surface area contributed by atoms with E-state index in [1.54, 1.807) is 69.9 Å². The standard InChI is InChI=1S/C21H19FN4O2S.C12H14FN3O.C9H3F3N2S/c1-12-10-13(7-9-17(12)23-4)25-19(28)21(2,3)26(20(25)29)14-6-8-15(16(22)11-14)18(27)24-5;1-12(2,15-4)16-8-5-6-9(10(13)7-8)11(17)14-3;10-9(11,12)8-3-7(14-5-15)2-1-6(8)4-13/h6-11H,1-3,5H3,(H,24,27);5-7,16H,1-3H3,(H,14,17);1-3H. The third-order valence-corrected chi connectivity index (χ3v) is 9.14. The minimum Gasteiger partial charge on any atom is -0.355 e. The van der Waals surface area contributed by atoms with Crippen LogP contribution in [0, 0.1) is 43.0 Å². The van der Waals surface area contributed by atoms with Crippen molar-refractivity contribution in [1.29, 1.82) is 5.26 Å². The number of nitrogens with one attached hydrogen (secondary N) is 3. The van der Waals surface area contributed by atoms with Crippen molar-refractivity contribution in [2.75, 3.05) is 29.2 Å². The van der Waals surface area contributed by atoms with Crippen molar-refractivity contribution in [2.45, 2.75) is 52.0 Å². The van der Waals surface area contributed by atoms with Gasteiger partial charge in [0.25, 0.3) is 23.4 Å². The summed E-state index contributed by atoms with van der Waals surface area (Å²) in [5, 5.41) is 18.2. The highest BCUT2D eigenvalue weighted by atomic mass is 32.1. The molecule has 3 amide bonds. The van der Waals surface area contributed by atoms with Gasteiger partial charge in [-0.15, -0.1) is 0 Å². The summed E-state index contributed by atoms with van der Waals surface area (Å²) in [7, 11) is 2.86. The molecule has 1 aliphatic heterocycles. The summed E-state index contributed by atoms with van der Waals surface area (Å²) in [4.78, 5) is 49.4. The Labute approximate surface area is 359 Å².